The predicted octanol–water partition coefficient (Wildman–Crippen LogP) is 6.67. The van der Waals surface area contributed by atoms with Gasteiger partial charge in [0.1, 0.15) is 0 Å². The van der Waals surface area contributed by atoms with Crippen LogP contribution in [0, 0.1) is 6.92 Å². The molecule has 0 fully saturated rings. The second-order valence-electron chi connectivity index (χ2n) is 8.20. The molecule has 0 unspecified atom stereocenters. The molecule has 0 aliphatic heterocycles. The summed E-state index contributed by atoms with van der Waals surface area (Å²) in [6.07, 6.45) is 1.66. The van der Waals surface area contributed by atoms with E-state index in [4.69, 9.17) is 21.1 Å². The summed E-state index contributed by atoms with van der Waals surface area (Å²) in [5.74, 6) is -0.0634. The van der Waals surface area contributed by atoms with Crippen LogP contribution in [-0.2, 0) is 0 Å². The minimum Gasteiger partial charge on any atom is -0.337 e. The van der Waals surface area contributed by atoms with E-state index in [1.807, 2.05) is 12.1 Å². The van der Waals surface area contributed by atoms with E-state index < -0.39 is 11.5 Å². The number of aryl methyl sites for hydroxylation is 1. The molecule has 0 aliphatic rings. The van der Waals surface area contributed by atoms with Crippen molar-refractivity contribution >= 4 is 77.9 Å². The summed E-state index contributed by atoms with van der Waals surface area (Å²) in [7, 11) is 0. The van der Waals surface area contributed by atoms with Gasteiger partial charge in [0.2, 0.25) is 5.88 Å². The molecule has 11 heteroatoms. The van der Waals surface area contributed by atoms with Gasteiger partial charge in [-0.3, -0.25) is 15.0 Å². The Bertz CT molecular complexity index is 1770. The largest absolute Gasteiger partial charge is 0.337 e. The van der Waals surface area contributed by atoms with E-state index in [1.165, 1.54) is 4.68 Å². The quantitative estimate of drug-likeness (QED) is 0.212. The van der Waals surface area contributed by atoms with Crippen molar-refractivity contribution in [1.29, 1.82) is 0 Å². The number of hydrogen-bond acceptors (Lipinski definition) is 6. The highest BCUT2D eigenvalue weighted by Gasteiger charge is 2.21. The number of anilines is 1. The Morgan fingerprint density at radius 3 is 2.50 bits per heavy atom. The summed E-state index contributed by atoms with van der Waals surface area (Å²) in [6.45, 7) is 1.76. The normalized spacial score (nSPS) is 11.5. The zero-order valence-corrected chi connectivity index (χ0v) is 23.6. The van der Waals surface area contributed by atoms with Gasteiger partial charge in [0.15, 0.2) is 5.82 Å². The van der Waals surface area contributed by atoms with E-state index in [0.717, 1.165) is 0 Å². The average molecular weight is 656 g/mol. The van der Waals surface area contributed by atoms with Crippen LogP contribution < -0.4 is 16.3 Å². The molecule has 1 amide bonds. The standard InChI is InChI=1S/C27H18Br2ClN5O3/c1-15-11-23(38-34-15)33-35-25(32-24-19(27(35)37)13-18(28)14-20(24)29)22(12-17-9-5-6-10-21(17)30)31-26(36)16-7-3-2-4-8-16/h2-14,33H,1H3,(H,31,36)/b22-12-. The Morgan fingerprint density at radius 2 is 1.79 bits per heavy atom. The van der Waals surface area contributed by atoms with Crippen LogP contribution in [0.5, 0.6) is 0 Å². The average Bonchev–Trinajstić information content (AvgIpc) is 3.32. The molecule has 2 aromatic heterocycles. The maximum absolute atomic E-state index is 13.8. The molecule has 38 heavy (non-hydrogen) atoms. The maximum Gasteiger partial charge on any atom is 0.280 e. The molecule has 5 aromatic rings. The highest BCUT2D eigenvalue weighted by atomic mass is 79.9. The summed E-state index contributed by atoms with van der Waals surface area (Å²) in [4.78, 5) is 31.9. The van der Waals surface area contributed by atoms with Crippen LogP contribution in [0.3, 0.4) is 0 Å². The van der Waals surface area contributed by atoms with Gasteiger partial charge in [-0.05, 0) is 64.8 Å². The lowest BCUT2D eigenvalue weighted by atomic mass is 10.1. The summed E-state index contributed by atoms with van der Waals surface area (Å²) < 4.78 is 7.80. The van der Waals surface area contributed by atoms with E-state index in [9.17, 15) is 9.59 Å². The molecule has 3 aromatic carbocycles. The van der Waals surface area contributed by atoms with Gasteiger partial charge >= 0.3 is 0 Å². The lowest BCUT2D eigenvalue weighted by Gasteiger charge is -2.17. The van der Waals surface area contributed by atoms with Crippen molar-refractivity contribution in [1.82, 2.24) is 20.1 Å². The minimum absolute atomic E-state index is 0.115. The van der Waals surface area contributed by atoms with Crippen molar-refractivity contribution in [2.24, 2.45) is 0 Å². The minimum atomic E-state index is -0.430. The second-order valence-corrected chi connectivity index (χ2v) is 10.4. The molecule has 2 heterocycles. The number of aromatic nitrogens is 3. The number of rotatable bonds is 6. The number of halogens is 3. The number of benzene rings is 3. The van der Waals surface area contributed by atoms with Gasteiger partial charge in [-0.2, -0.15) is 4.68 Å². The molecule has 5 rings (SSSR count). The van der Waals surface area contributed by atoms with Crippen molar-refractivity contribution < 1.29 is 9.32 Å². The van der Waals surface area contributed by atoms with Crippen molar-refractivity contribution in [2.45, 2.75) is 6.92 Å². The third-order valence-electron chi connectivity index (χ3n) is 5.47. The molecule has 0 saturated heterocycles. The lowest BCUT2D eigenvalue weighted by molar-refractivity contribution is 0.0973. The number of nitrogens with one attached hydrogen (secondary N) is 2. The fraction of sp³-hybridized carbons (Fsp3) is 0.0370. The summed E-state index contributed by atoms with van der Waals surface area (Å²) in [6, 6.07) is 21.0. The first kappa shape index (κ1) is 25.9. The zero-order chi connectivity index (χ0) is 26.8. The van der Waals surface area contributed by atoms with E-state index in [1.54, 1.807) is 73.7 Å². The Balaban J connectivity index is 1.77. The molecule has 0 bridgehead atoms. The number of hydrogen-bond donors (Lipinski definition) is 2. The van der Waals surface area contributed by atoms with Crippen LogP contribution in [-0.4, -0.2) is 20.7 Å². The van der Waals surface area contributed by atoms with E-state index in [0.29, 0.717) is 41.7 Å². The molecular weight excluding hydrogens is 638 g/mol. The Hall–Kier alpha value is -3.73. The first-order valence-electron chi connectivity index (χ1n) is 11.3. The Morgan fingerprint density at radius 1 is 1.05 bits per heavy atom. The van der Waals surface area contributed by atoms with Gasteiger partial charge in [0.05, 0.1) is 22.3 Å². The Kier molecular flexibility index (Phi) is 7.46. The van der Waals surface area contributed by atoms with E-state index in [2.05, 4.69) is 47.8 Å². The highest BCUT2D eigenvalue weighted by molar-refractivity contribution is 9.11. The smallest absolute Gasteiger partial charge is 0.280 e. The fourth-order valence-electron chi connectivity index (χ4n) is 3.71. The molecule has 8 nitrogen and oxygen atoms in total. The van der Waals surface area contributed by atoms with E-state index in [-0.39, 0.29) is 17.4 Å². The monoisotopic (exact) mass is 653 g/mol. The van der Waals surface area contributed by atoms with Crippen molar-refractivity contribution in [2.75, 3.05) is 5.43 Å². The topological polar surface area (TPSA) is 102 Å². The molecule has 190 valence electrons. The summed E-state index contributed by atoms with van der Waals surface area (Å²) >= 11 is 13.4. The molecule has 0 atom stereocenters. The zero-order valence-electron chi connectivity index (χ0n) is 19.7. The van der Waals surface area contributed by atoms with Crippen LogP contribution in [0.2, 0.25) is 5.02 Å². The predicted molar refractivity (Wildman–Crippen MR) is 155 cm³/mol. The van der Waals surface area contributed by atoms with Crippen LogP contribution in [0.4, 0.5) is 5.88 Å². The highest BCUT2D eigenvalue weighted by Crippen LogP contribution is 2.28. The van der Waals surface area contributed by atoms with Crippen LogP contribution in [0.25, 0.3) is 22.7 Å². The van der Waals surface area contributed by atoms with Crippen molar-refractivity contribution in [3.05, 3.63) is 120 Å². The summed E-state index contributed by atoms with van der Waals surface area (Å²) in [5, 5.41) is 7.58. The number of fused-ring (bicyclic) bond motifs is 1. The maximum atomic E-state index is 13.8. The summed E-state index contributed by atoms with van der Waals surface area (Å²) in [5.41, 5.74) is 4.80. The molecule has 0 aliphatic carbocycles. The second kappa shape index (κ2) is 10.9. The van der Waals surface area contributed by atoms with E-state index >= 15 is 0 Å². The number of nitrogens with zero attached hydrogens (tertiary/aromatic N) is 3. The van der Waals surface area contributed by atoms with Gasteiger partial charge in [0, 0.05) is 25.6 Å². The molecule has 0 radical (unpaired) electrons. The SMILES string of the molecule is Cc1cc(Nn2c(/C(=C/c3ccccc3Cl)NC(=O)c3ccccc3)nc3c(Br)cc(Br)cc3c2=O)on1. The lowest BCUT2D eigenvalue weighted by Crippen LogP contribution is -2.34. The van der Waals surface area contributed by atoms with Gasteiger partial charge in [-0.15, -0.1) is 0 Å². The van der Waals surface area contributed by atoms with Crippen molar-refractivity contribution in [3.8, 4) is 0 Å². The number of amides is 1. The first-order chi connectivity index (χ1) is 18.3. The van der Waals surface area contributed by atoms with Crippen molar-refractivity contribution in [3.63, 3.8) is 0 Å². The van der Waals surface area contributed by atoms with Crippen LogP contribution in [0.1, 0.15) is 27.4 Å². The fourth-order valence-corrected chi connectivity index (χ4v) is 5.22. The molecule has 0 spiro atoms. The van der Waals surface area contributed by atoms with Gasteiger partial charge in [-0.1, -0.05) is 69.1 Å². The van der Waals surface area contributed by atoms with Gasteiger partial charge in [0.25, 0.3) is 11.5 Å². The molecular formula is C27H18Br2ClN5O3. The van der Waals surface area contributed by atoms with Gasteiger partial charge < -0.3 is 9.84 Å². The number of carbonyl (C=O) groups is 1. The first-order valence-corrected chi connectivity index (χ1v) is 13.2. The van der Waals surface area contributed by atoms with Crippen LogP contribution in [0.15, 0.2) is 91.1 Å². The number of carbonyl (C=O) groups excluding carboxylic acids is 1. The third-order valence-corrected chi connectivity index (χ3v) is 6.88. The van der Waals surface area contributed by atoms with Crippen LogP contribution >= 0.6 is 43.5 Å². The van der Waals surface area contributed by atoms with Gasteiger partial charge in [-0.25, -0.2) is 4.98 Å². The molecule has 2 N–H and O–H groups in total. The Labute approximate surface area is 238 Å². The molecule has 0 saturated carbocycles. The third kappa shape index (κ3) is 5.42.